The van der Waals surface area contributed by atoms with E-state index >= 15 is 0 Å². The number of hydrogen-bond donors (Lipinski definition) is 2. The molecule has 0 aromatic carbocycles. The molecule has 3 rings (SSSR count). The van der Waals surface area contributed by atoms with Gasteiger partial charge < -0.3 is 10.6 Å². The lowest BCUT2D eigenvalue weighted by molar-refractivity contribution is 0.0930. The average molecular weight is 274 g/mol. The van der Waals surface area contributed by atoms with E-state index in [4.69, 9.17) is 0 Å². The van der Waals surface area contributed by atoms with Crippen molar-refractivity contribution in [3.8, 4) is 0 Å². The monoisotopic (exact) mass is 274 g/mol. The maximum Gasteiger partial charge on any atom is 0.255 e. The van der Waals surface area contributed by atoms with Gasteiger partial charge in [0.25, 0.3) is 5.91 Å². The molecule has 1 amide bonds. The topological polar surface area (TPSA) is 57.3 Å². The summed E-state index contributed by atoms with van der Waals surface area (Å²) in [5, 5.41) is 6.35. The van der Waals surface area contributed by atoms with Crippen LogP contribution in [-0.2, 0) is 0 Å². The van der Waals surface area contributed by atoms with Gasteiger partial charge >= 0.3 is 0 Å². The molecule has 2 unspecified atom stereocenters. The van der Waals surface area contributed by atoms with Crippen LogP contribution in [0.2, 0.25) is 0 Å². The van der Waals surface area contributed by atoms with E-state index in [1.54, 1.807) is 6.20 Å². The molecule has 0 aliphatic carbocycles. The highest BCUT2D eigenvalue weighted by Gasteiger charge is 2.38. The van der Waals surface area contributed by atoms with E-state index in [-0.39, 0.29) is 5.91 Å². The smallest absolute Gasteiger partial charge is 0.255 e. The van der Waals surface area contributed by atoms with E-state index in [0.29, 0.717) is 23.5 Å². The molecule has 3 heterocycles. The van der Waals surface area contributed by atoms with Crippen molar-refractivity contribution < 1.29 is 4.79 Å². The van der Waals surface area contributed by atoms with Crippen LogP contribution in [0.5, 0.6) is 0 Å². The van der Waals surface area contributed by atoms with Crippen LogP contribution < -0.4 is 10.6 Å². The normalized spacial score (nSPS) is 25.4. The van der Waals surface area contributed by atoms with E-state index in [0.717, 1.165) is 19.5 Å². The van der Waals surface area contributed by atoms with E-state index in [1.165, 1.54) is 19.4 Å². The Balaban J connectivity index is 1.70. The van der Waals surface area contributed by atoms with Crippen LogP contribution in [0, 0.1) is 0 Å². The molecule has 1 aromatic heterocycles. The molecule has 0 radical (unpaired) electrons. The molecule has 2 N–H and O–H groups in total. The molecule has 2 aliphatic heterocycles. The van der Waals surface area contributed by atoms with Gasteiger partial charge in [0.2, 0.25) is 0 Å². The van der Waals surface area contributed by atoms with Gasteiger partial charge in [0.05, 0.1) is 5.56 Å². The molecule has 1 aromatic rings. The van der Waals surface area contributed by atoms with Crippen molar-refractivity contribution in [1.82, 2.24) is 15.2 Å². The minimum Gasteiger partial charge on any atom is -0.370 e. The lowest BCUT2D eigenvalue weighted by atomic mass is 10.1. The fourth-order valence-corrected chi connectivity index (χ4v) is 3.39. The molecule has 108 valence electrons. The van der Waals surface area contributed by atoms with E-state index in [9.17, 15) is 4.79 Å². The van der Waals surface area contributed by atoms with Gasteiger partial charge in [-0.2, -0.15) is 0 Å². The largest absolute Gasteiger partial charge is 0.370 e. The third kappa shape index (κ3) is 2.50. The Morgan fingerprint density at radius 3 is 3.20 bits per heavy atom. The number of nitrogens with zero attached hydrogens (tertiary/aromatic N) is 2. The zero-order chi connectivity index (χ0) is 13.9. The van der Waals surface area contributed by atoms with Gasteiger partial charge in [-0.3, -0.25) is 9.69 Å². The molecule has 2 aliphatic rings. The number of nitrogens with one attached hydrogen (secondary N) is 2. The summed E-state index contributed by atoms with van der Waals surface area (Å²) in [7, 11) is 0. The number of aromatic nitrogens is 1. The fourth-order valence-electron chi connectivity index (χ4n) is 3.39. The first-order valence-corrected chi connectivity index (χ1v) is 7.53. The molecule has 0 saturated carbocycles. The molecule has 20 heavy (non-hydrogen) atoms. The first kappa shape index (κ1) is 13.4. The number of hydrogen-bond acceptors (Lipinski definition) is 4. The number of carbonyl (C=O) groups excluding carboxylic acids is 1. The Bertz CT molecular complexity index is 491. The summed E-state index contributed by atoms with van der Waals surface area (Å²) in [5.74, 6) is 0.668. The Kier molecular flexibility index (Phi) is 3.87. The fraction of sp³-hybridized carbons (Fsp3) is 0.600. The quantitative estimate of drug-likeness (QED) is 0.873. The molecule has 5 nitrogen and oxygen atoms in total. The van der Waals surface area contributed by atoms with Gasteiger partial charge in [-0.05, 0) is 44.9 Å². The molecular weight excluding hydrogens is 252 g/mol. The number of fused-ring (bicyclic) bond motifs is 1. The minimum absolute atomic E-state index is 0.00667. The van der Waals surface area contributed by atoms with Gasteiger partial charge in [-0.25, -0.2) is 4.98 Å². The van der Waals surface area contributed by atoms with Crippen molar-refractivity contribution in [2.24, 2.45) is 0 Å². The number of carbonyl (C=O) groups is 1. The molecule has 0 spiro atoms. The van der Waals surface area contributed by atoms with Crippen molar-refractivity contribution in [2.75, 3.05) is 25.0 Å². The van der Waals surface area contributed by atoms with Gasteiger partial charge in [0.1, 0.15) is 5.82 Å². The predicted octanol–water partition coefficient (Wildman–Crippen LogP) is 1.48. The summed E-state index contributed by atoms with van der Waals surface area (Å²) in [6.45, 7) is 5.07. The van der Waals surface area contributed by atoms with E-state index in [2.05, 4.69) is 20.5 Å². The number of pyridine rings is 1. The lowest BCUT2D eigenvalue weighted by Crippen LogP contribution is -2.42. The van der Waals surface area contributed by atoms with Crippen LogP contribution in [0.3, 0.4) is 0 Å². The Hall–Kier alpha value is -1.62. The summed E-state index contributed by atoms with van der Waals surface area (Å²) >= 11 is 0. The maximum absolute atomic E-state index is 12.5. The average Bonchev–Trinajstić information content (AvgIpc) is 3.05. The number of rotatable bonds is 4. The molecular formula is C15H22N4O. The molecule has 2 saturated heterocycles. The SMILES string of the molecule is CCNc1ncccc1C(=O)NC1CCN2CCCC12. The van der Waals surface area contributed by atoms with Crippen molar-refractivity contribution in [2.45, 2.75) is 38.3 Å². The zero-order valence-electron chi connectivity index (χ0n) is 11.9. The number of amides is 1. The summed E-state index contributed by atoms with van der Waals surface area (Å²) in [4.78, 5) is 19.2. The molecule has 5 heteroatoms. The molecule has 2 atom stereocenters. The van der Waals surface area contributed by atoms with E-state index < -0.39 is 0 Å². The standard InChI is InChI=1S/C15H22N4O/c1-2-16-14-11(5-3-8-17-14)15(20)18-12-7-10-19-9-4-6-13(12)19/h3,5,8,12-13H,2,4,6-7,9-10H2,1H3,(H,16,17)(H,18,20). The van der Waals surface area contributed by atoms with Crippen molar-refractivity contribution in [1.29, 1.82) is 0 Å². The van der Waals surface area contributed by atoms with Gasteiger partial charge in [0, 0.05) is 31.4 Å². The first-order chi connectivity index (χ1) is 9.79. The third-order valence-electron chi connectivity index (χ3n) is 4.32. The number of anilines is 1. The Morgan fingerprint density at radius 1 is 1.45 bits per heavy atom. The summed E-state index contributed by atoms with van der Waals surface area (Å²) < 4.78 is 0. The van der Waals surface area contributed by atoms with Gasteiger partial charge in [0.15, 0.2) is 0 Å². The lowest BCUT2D eigenvalue weighted by Gasteiger charge is -2.21. The minimum atomic E-state index is -0.00667. The highest BCUT2D eigenvalue weighted by molar-refractivity contribution is 5.98. The molecule has 0 bridgehead atoms. The van der Waals surface area contributed by atoms with Gasteiger partial charge in [-0.15, -0.1) is 0 Å². The second-order valence-corrected chi connectivity index (χ2v) is 5.54. The second-order valence-electron chi connectivity index (χ2n) is 5.54. The summed E-state index contributed by atoms with van der Waals surface area (Å²) in [6, 6.07) is 4.48. The third-order valence-corrected chi connectivity index (χ3v) is 4.32. The second kappa shape index (κ2) is 5.79. The van der Waals surface area contributed by atoms with Crippen molar-refractivity contribution >= 4 is 11.7 Å². The Morgan fingerprint density at radius 2 is 2.35 bits per heavy atom. The summed E-state index contributed by atoms with van der Waals surface area (Å²) in [6.07, 6.45) is 5.24. The van der Waals surface area contributed by atoms with Crippen LogP contribution in [-0.4, -0.2) is 47.5 Å². The van der Waals surface area contributed by atoms with Crippen LogP contribution >= 0.6 is 0 Å². The van der Waals surface area contributed by atoms with Crippen molar-refractivity contribution in [3.63, 3.8) is 0 Å². The summed E-state index contributed by atoms with van der Waals surface area (Å²) in [5.41, 5.74) is 0.644. The molecule has 2 fully saturated rings. The highest BCUT2D eigenvalue weighted by Crippen LogP contribution is 2.28. The van der Waals surface area contributed by atoms with Gasteiger partial charge in [-0.1, -0.05) is 0 Å². The maximum atomic E-state index is 12.5. The van der Waals surface area contributed by atoms with Crippen LogP contribution in [0.1, 0.15) is 36.5 Å². The first-order valence-electron chi connectivity index (χ1n) is 7.53. The van der Waals surface area contributed by atoms with Crippen LogP contribution in [0.15, 0.2) is 18.3 Å². The van der Waals surface area contributed by atoms with E-state index in [1.807, 2.05) is 19.1 Å². The highest BCUT2D eigenvalue weighted by atomic mass is 16.1. The zero-order valence-corrected chi connectivity index (χ0v) is 11.9. The predicted molar refractivity (Wildman–Crippen MR) is 78.9 cm³/mol. The Labute approximate surface area is 119 Å². The van der Waals surface area contributed by atoms with Crippen molar-refractivity contribution in [3.05, 3.63) is 23.9 Å². The van der Waals surface area contributed by atoms with Crippen LogP contribution in [0.4, 0.5) is 5.82 Å². The van der Waals surface area contributed by atoms with Crippen LogP contribution in [0.25, 0.3) is 0 Å².